The molecule has 3 N–H and O–H groups in total. The predicted molar refractivity (Wildman–Crippen MR) is 31.1 cm³/mol. The Morgan fingerprint density at radius 3 is 2.00 bits per heavy atom. The summed E-state index contributed by atoms with van der Waals surface area (Å²) in [6, 6.07) is 0. The minimum Gasteiger partial charge on any atom is -0.481 e. The Bertz CT molecular complexity index is 156. The van der Waals surface area contributed by atoms with Gasteiger partial charge in [-0.1, -0.05) is 0 Å². The number of nitrogens with two attached hydrogens (primary N) is 1. The summed E-state index contributed by atoms with van der Waals surface area (Å²) in [5.74, 6) is -2.71. The van der Waals surface area contributed by atoms with Gasteiger partial charge in [0.25, 0.3) is 0 Å². The topological polar surface area (TPSA) is 97.5 Å². The van der Waals surface area contributed by atoms with E-state index in [0.717, 1.165) is 0 Å². The second kappa shape index (κ2) is 3.60. The van der Waals surface area contributed by atoms with Crippen molar-refractivity contribution in [2.45, 2.75) is 12.8 Å². The Morgan fingerprint density at radius 2 is 1.70 bits per heavy atom. The van der Waals surface area contributed by atoms with E-state index in [1.54, 1.807) is 0 Å². The number of ketones is 1. The van der Waals surface area contributed by atoms with Gasteiger partial charge in [-0.05, 0) is 0 Å². The molecule has 0 aromatic carbocycles. The molecule has 0 bridgehead atoms. The van der Waals surface area contributed by atoms with Crippen LogP contribution < -0.4 is 5.73 Å². The molecular weight excluding hydrogens is 138 g/mol. The van der Waals surface area contributed by atoms with Gasteiger partial charge in [0.1, 0.15) is 6.42 Å². The summed E-state index contributed by atoms with van der Waals surface area (Å²) >= 11 is 0. The van der Waals surface area contributed by atoms with Crippen molar-refractivity contribution in [3.8, 4) is 0 Å². The molecule has 0 atom stereocenters. The Morgan fingerprint density at radius 1 is 1.20 bits per heavy atom. The maximum absolute atomic E-state index is 10.4. The van der Waals surface area contributed by atoms with Crippen LogP contribution in [0.2, 0.25) is 0 Å². The number of primary amides is 1. The highest BCUT2D eigenvalue weighted by atomic mass is 16.4. The standard InChI is InChI=1S/C5H7NO4/c6-4(8)1-3(7)2-5(9)10/h1-2H2,(H2,6,8)(H,9,10). The van der Waals surface area contributed by atoms with Gasteiger partial charge in [-0.2, -0.15) is 0 Å². The lowest BCUT2D eigenvalue weighted by atomic mass is 10.2. The minimum atomic E-state index is -1.24. The quantitative estimate of drug-likeness (QED) is 0.491. The van der Waals surface area contributed by atoms with Crippen LogP contribution in [0.4, 0.5) is 0 Å². The molecule has 5 heteroatoms. The maximum atomic E-state index is 10.4. The first-order valence-electron chi connectivity index (χ1n) is 2.54. The van der Waals surface area contributed by atoms with Crippen LogP contribution in [0.15, 0.2) is 0 Å². The fourth-order valence-corrected chi connectivity index (χ4v) is 0.425. The zero-order chi connectivity index (χ0) is 8.15. The zero-order valence-electron chi connectivity index (χ0n) is 5.16. The molecule has 0 spiro atoms. The Balaban J connectivity index is 3.65. The number of rotatable bonds is 4. The minimum absolute atomic E-state index is 0.494. The van der Waals surface area contributed by atoms with Crippen molar-refractivity contribution >= 4 is 17.7 Å². The summed E-state index contributed by atoms with van der Waals surface area (Å²) in [5, 5.41) is 8.02. The van der Waals surface area contributed by atoms with Crippen LogP contribution in [0.3, 0.4) is 0 Å². The molecule has 0 aromatic rings. The summed E-state index contributed by atoms with van der Waals surface area (Å²) in [5.41, 5.74) is 4.62. The molecule has 0 aliphatic carbocycles. The average Bonchev–Trinajstić information content (AvgIpc) is 1.58. The van der Waals surface area contributed by atoms with E-state index >= 15 is 0 Å². The number of carbonyl (C=O) groups is 3. The molecule has 10 heavy (non-hydrogen) atoms. The number of carboxylic acids is 1. The van der Waals surface area contributed by atoms with Crippen molar-refractivity contribution in [2.24, 2.45) is 5.73 Å². The first-order chi connectivity index (χ1) is 4.52. The van der Waals surface area contributed by atoms with Gasteiger partial charge in [0, 0.05) is 0 Å². The van der Waals surface area contributed by atoms with E-state index in [1.807, 2.05) is 0 Å². The molecule has 0 unspecified atom stereocenters. The summed E-state index contributed by atoms with van der Waals surface area (Å²) < 4.78 is 0. The average molecular weight is 145 g/mol. The Hall–Kier alpha value is -1.39. The third kappa shape index (κ3) is 4.76. The van der Waals surface area contributed by atoms with Crippen molar-refractivity contribution in [2.75, 3.05) is 0 Å². The number of carbonyl (C=O) groups excluding carboxylic acids is 2. The number of amides is 1. The molecule has 0 aromatic heterocycles. The second-order valence-corrected chi connectivity index (χ2v) is 1.75. The van der Waals surface area contributed by atoms with Gasteiger partial charge in [0.05, 0.1) is 6.42 Å². The maximum Gasteiger partial charge on any atom is 0.310 e. The lowest BCUT2D eigenvalue weighted by molar-refractivity contribution is -0.140. The SMILES string of the molecule is NC(=O)CC(=O)CC(=O)O. The Labute approximate surface area is 56.8 Å². The number of Topliss-reactive ketones (excluding diaryl/α,β-unsaturated/α-hetero) is 1. The van der Waals surface area contributed by atoms with Crippen LogP contribution in [0.1, 0.15) is 12.8 Å². The van der Waals surface area contributed by atoms with E-state index < -0.39 is 30.5 Å². The van der Waals surface area contributed by atoms with Gasteiger partial charge in [-0.15, -0.1) is 0 Å². The lowest BCUT2D eigenvalue weighted by Crippen LogP contribution is -2.18. The van der Waals surface area contributed by atoms with Crippen LogP contribution in [-0.4, -0.2) is 22.8 Å². The van der Waals surface area contributed by atoms with Crippen LogP contribution in [0.5, 0.6) is 0 Å². The fraction of sp³-hybridized carbons (Fsp3) is 0.400. The van der Waals surface area contributed by atoms with Crippen molar-refractivity contribution in [3.05, 3.63) is 0 Å². The van der Waals surface area contributed by atoms with Gasteiger partial charge in [-0.3, -0.25) is 14.4 Å². The zero-order valence-corrected chi connectivity index (χ0v) is 5.16. The van der Waals surface area contributed by atoms with Crippen LogP contribution >= 0.6 is 0 Å². The van der Waals surface area contributed by atoms with Gasteiger partial charge >= 0.3 is 5.97 Å². The van der Waals surface area contributed by atoms with E-state index in [0.29, 0.717) is 0 Å². The number of carboxylic acid groups (broad SMARTS) is 1. The van der Waals surface area contributed by atoms with Crippen LogP contribution in [-0.2, 0) is 14.4 Å². The van der Waals surface area contributed by atoms with Crippen molar-refractivity contribution in [1.29, 1.82) is 0 Å². The van der Waals surface area contributed by atoms with Gasteiger partial charge in [0.2, 0.25) is 5.91 Å². The summed E-state index contributed by atoms with van der Waals surface area (Å²) in [4.78, 5) is 30.2. The van der Waals surface area contributed by atoms with Crippen molar-refractivity contribution in [3.63, 3.8) is 0 Å². The second-order valence-electron chi connectivity index (χ2n) is 1.75. The number of aliphatic carboxylic acids is 1. The third-order valence-corrected chi connectivity index (χ3v) is 0.720. The summed E-state index contributed by atoms with van der Waals surface area (Å²) in [7, 11) is 0. The molecule has 0 saturated heterocycles. The molecule has 0 rings (SSSR count). The molecule has 0 aliphatic heterocycles. The molecular formula is C5H7NO4. The van der Waals surface area contributed by atoms with Gasteiger partial charge in [-0.25, -0.2) is 0 Å². The number of hydrogen-bond donors (Lipinski definition) is 2. The molecule has 0 heterocycles. The first-order valence-corrected chi connectivity index (χ1v) is 2.54. The van der Waals surface area contributed by atoms with E-state index in [-0.39, 0.29) is 0 Å². The van der Waals surface area contributed by atoms with Crippen molar-refractivity contribution in [1.82, 2.24) is 0 Å². The van der Waals surface area contributed by atoms with Crippen LogP contribution in [0.25, 0.3) is 0 Å². The lowest BCUT2D eigenvalue weighted by Gasteiger charge is -1.90. The van der Waals surface area contributed by atoms with E-state index in [4.69, 9.17) is 5.11 Å². The van der Waals surface area contributed by atoms with E-state index in [2.05, 4.69) is 5.73 Å². The molecule has 0 radical (unpaired) electrons. The highest BCUT2D eigenvalue weighted by Crippen LogP contribution is 1.87. The normalized spacial score (nSPS) is 8.80. The molecule has 0 aliphatic rings. The Kier molecular flexibility index (Phi) is 3.10. The predicted octanol–water partition coefficient (Wildman–Crippen LogP) is -1.09. The van der Waals surface area contributed by atoms with Gasteiger partial charge in [0.15, 0.2) is 5.78 Å². The molecule has 56 valence electrons. The van der Waals surface area contributed by atoms with Crippen LogP contribution in [0, 0.1) is 0 Å². The smallest absolute Gasteiger partial charge is 0.310 e. The van der Waals surface area contributed by atoms with E-state index in [1.165, 1.54) is 0 Å². The molecule has 0 saturated carbocycles. The molecule has 0 fully saturated rings. The van der Waals surface area contributed by atoms with Gasteiger partial charge < -0.3 is 10.8 Å². The highest BCUT2D eigenvalue weighted by molar-refractivity contribution is 6.04. The first kappa shape index (κ1) is 8.61. The number of hydrogen-bond acceptors (Lipinski definition) is 3. The summed E-state index contributed by atoms with van der Waals surface area (Å²) in [6.45, 7) is 0. The monoisotopic (exact) mass is 145 g/mol. The highest BCUT2D eigenvalue weighted by Gasteiger charge is 2.09. The van der Waals surface area contributed by atoms with Crippen molar-refractivity contribution < 1.29 is 19.5 Å². The van der Waals surface area contributed by atoms with E-state index in [9.17, 15) is 14.4 Å². The largest absolute Gasteiger partial charge is 0.481 e. The third-order valence-electron chi connectivity index (χ3n) is 0.720. The summed E-state index contributed by atoms with van der Waals surface area (Å²) in [6.07, 6.45) is -1.13. The fourth-order valence-electron chi connectivity index (χ4n) is 0.425. The molecule has 5 nitrogen and oxygen atoms in total. The molecule has 1 amide bonds.